The first-order valence-electron chi connectivity index (χ1n) is 5.90. The van der Waals surface area contributed by atoms with E-state index in [9.17, 15) is 4.79 Å². The highest BCUT2D eigenvalue weighted by molar-refractivity contribution is 6.30. The van der Waals surface area contributed by atoms with E-state index in [1.807, 2.05) is 18.2 Å². The Morgan fingerprint density at radius 2 is 2.28 bits per heavy atom. The molecule has 100 valence electrons. The predicted octanol–water partition coefficient (Wildman–Crippen LogP) is 2.25. The fraction of sp³-hybridized carbons (Fsp3) is 0.462. The standard InChI is InChI=1S/C13H19ClN2O2/c1-10(17)6-7-16(2)13(18)15-9-11-4-3-5-12(14)8-11/h3-5,8,10,17H,6-7,9H2,1-2H3,(H,15,18). The third kappa shape index (κ3) is 5.38. The summed E-state index contributed by atoms with van der Waals surface area (Å²) in [5.41, 5.74) is 0.958. The van der Waals surface area contributed by atoms with Gasteiger partial charge in [-0.25, -0.2) is 4.79 Å². The van der Waals surface area contributed by atoms with Crippen molar-refractivity contribution < 1.29 is 9.90 Å². The zero-order valence-electron chi connectivity index (χ0n) is 10.7. The molecular weight excluding hydrogens is 252 g/mol. The van der Waals surface area contributed by atoms with Crippen LogP contribution in [0.1, 0.15) is 18.9 Å². The molecule has 0 fully saturated rings. The third-order valence-corrected chi connectivity index (χ3v) is 2.80. The number of carbonyl (C=O) groups is 1. The van der Waals surface area contributed by atoms with Gasteiger partial charge in [-0.2, -0.15) is 0 Å². The van der Waals surface area contributed by atoms with E-state index in [0.717, 1.165) is 5.56 Å². The minimum atomic E-state index is -0.395. The van der Waals surface area contributed by atoms with E-state index in [2.05, 4.69) is 5.32 Å². The normalized spacial score (nSPS) is 12.0. The van der Waals surface area contributed by atoms with E-state index in [1.165, 1.54) is 0 Å². The van der Waals surface area contributed by atoms with Crippen LogP contribution >= 0.6 is 11.6 Å². The number of halogens is 1. The van der Waals surface area contributed by atoms with Gasteiger partial charge in [-0.05, 0) is 31.0 Å². The van der Waals surface area contributed by atoms with Crippen molar-refractivity contribution in [3.8, 4) is 0 Å². The van der Waals surface area contributed by atoms with Gasteiger partial charge in [-0.3, -0.25) is 0 Å². The number of benzene rings is 1. The summed E-state index contributed by atoms with van der Waals surface area (Å²) in [5, 5.41) is 12.6. The Balaban J connectivity index is 2.36. The van der Waals surface area contributed by atoms with Gasteiger partial charge in [0.25, 0.3) is 0 Å². The Morgan fingerprint density at radius 1 is 1.56 bits per heavy atom. The first kappa shape index (κ1) is 14.8. The zero-order chi connectivity index (χ0) is 13.5. The van der Waals surface area contributed by atoms with Gasteiger partial charge < -0.3 is 15.3 Å². The lowest BCUT2D eigenvalue weighted by molar-refractivity contribution is 0.163. The van der Waals surface area contributed by atoms with Crippen molar-refractivity contribution in [2.24, 2.45) is 0 Å². The summed E-state index contributed by atoms with van der Waals surface area (Å²) in [4.78, 5) is 13.3. The summed E-state index contributed by atoms with van der Waals surface area (Å²) in [6.45, 7) is 2.68. The first-order chi connectivity index (χ1) is 8.49. The Kier molecular flexibility index (Phi) is 5.95. The highest BCUT2D eigenvalue weighted by atomic mass is 35.5. The molecule has 1 aromatic rings. The number of nitrogens with one attached hydrogen (secondary N) is 1. The molecule has 1 rings (SSSR count). The number of carbonyl (C=O) groups excluding carboxylic acids is 1. The molecule has 0 aliphatic rings. The van der Waals surface area contributed by atoms with Gasteiger partial charge in [-0.1, -0.05) is 23.7 Å². The van der Waals surface area contributed by atoms with Crippen LogP contribution in [0, 0.1) is 0 Å². The Labute approximate surface area is 113 Å². The third-order valence-electron chi connectivity index (χ3n) is 2.56. The molecular formula is C13H19ClN2O2. The van der Waals surface area contributed by atoms with Crippen LogP contribution in [0.2, 0.25) is 5.02 Å². The number of hydrogen-bond acceptors (Lipinski definition) is 2. The maximum Gasteiger partial charge on any atom is 0.317 e. The molecule has 0 aromatic heterocycles. The van der Waals surface area contributed by atoms with Crippen molar-refractivity contribution in [2.45, 2.75) is 26.0 Å². The molecule has 0 aliphatic carbocycles. The van der Waals surface area contributed by atoms with Gasteiger partial charge in [0.1, 0.15) is 0 Å². The minimum Gasteiger partial charge on any atom is -0.393 e. The van der Waals surface area contributed by atoms with E-state index in [-0.39, 0.29) is 6.03 Å². The number of hydrogen-bond donors (Lipinski definition) is 2. The molecule has 4 nitrogen and oxygen atoms in total. The van der Waals surface area contributed by atoms with E-state index >= 15 is 0 Å². The molecule has 0 radical (unpaired) electrons. The maximum absolute atomic E-state index is 11.7. The summed E-state index contributed by atoms with van der Waals surface area (Å²) in [6, 6.07) is 7.21. The fourth-order valence-corrected chi connectivity index (χ4v) is 1.65. The highest BCUT2D eigenvalue weighted by Gasteiger charge is 2.08. The van der Waals surface area contributed by atoms with E-state index in [4.69, 9.17) is 16.7 Å². The highest BCUT2D eigenvalue weighted by Crippen LogP contribution is 2.10. The van der Waals surface area contributed by atoms with Crippen LogP contribution in [-0.4, -0.2) is 35.7 Å². The molecule has 18 heavy (non-hydrogen) atoms. The quantitative estimate of drug-likeness (QED) is 0.862. The summed E-state index contributed by atoms with van der Waals surface area (Å²) < 4.78 is 0. The number of nitrogens with zero attached hydrogens (tertiary/aromatic N) is 1. The van der Waals surface area contributed by atoms with E-state index in [0.29, 0.717) is 24.5 Å². The summed E-state index contributed by atoms with van der Waals surface area (Å²) in [5.74, 6) is 0. The Morgan fingerprint density at radius 3 is 2.89 bits per heavy atom. The second-order valence-corrected chi connectivity index (χ2v) is 4.78. The van der Waals surface area contributed by atoms with Crippen molar-refractivity contribution in [1.82, 2.24) is 10.2 Å². The number of aliphatic hydroxyl groups is 1. The number of urea groups is 1. The smallest absolute Gasteiger partial charge is 0.317 e. The molecule has 0 spiro atoms. The molecule has 0 saturated heterocycles. The summed E-state index contributed by atoms with van der Waals surface area (Å²) >= 11 is 5.86. The lowest BCUT2D eigenvalue weighted by atomic mass is 10.2. The average Bonchev–Trinajstić information content (AvgIpc) is 2.33. The largest absolute Gasteiger partial charge is 0.393 e. The topological polar surface area (TPSA) is 52.6 Å². The average molecular weight is 271 g/mol. The number of aliphatic hydroxyl groups excluding tert-OH is 1. The van der Waals surface area contributed by atoms with Gasteiger partial charge >= 0.3 is 6.03 Å². The SMILES string of the molecule is CC(O)CCN(C)C(=O)NCc1cccc(Cl)c1. The van der Waals surface area contributed by atoms with Crippen molar-refractivity contribution in [2.75, 3.05) is 13.6 Å². The van der Waals surface area contributed by atoms with E-state index < -0.39 is 6.10 Å². The second-order valence-electron chi connectivity index (χ2n) is 4.35. The molecule has 1 unspecified atom stereocenters. The zero-order valence-corrected chi connectivity index (χ0v) is 11.4. The number of rotatable bonds is 5. The molecule has 2 N–H and O–H groups in total. The molecule has 1 aromatic carbocycles. The van der Waals surface area contributed by atoms with Crippen LogP contribution in [0.25, 0.3) is 0 Å². The monoisotopic (exact) mass is 270 g/mol. The fourth-order valence-electron chi connectivity index (χ4n) is 1.44. The van der Waals surface area contributed by atoms with Gasteiger partial charge in [0.05, 0.1) is 6.10 Å². The molecule has 5 heteroatoms. The molecule has 2 amide bonds. The van der Waals surface area contributed by atoms with Crippen molar-refractivity contribution in [1.29, 1.82) is 0 Å². The van der Waals surface area contributed by atoms with Crippen LogP contribution in [-0.2, 0) is 6.54 Å². The molecule has 0 heterocycles. The van der Waals surface area contributed by atoms with Crippen molar-refractivity contribution >= 4 is 17.6 Å². The second kappa shape index (κ2) is 7.24. The molecule has 1 atom stereocenters. The Hall–Kier alpha value is -1.26. The van der Waals surface area contributed by atoms with Crippen molar-refractivity contribution in [3.63, 3.8) is 0 Å². The summed E-state index contributed by atoms with van der Waals surface area (Å²) in [6.07, 6.45) is 0.175. The van der Waals surface area contributed by atoms with Gasteiger partial charge in [0, 0.05) is 25.2 Å². The molecule has 0 saturated carbocycles. The maximum atomic E-state index is 11.7. The molecule has 0 aliphatic heterocycles. The van der Waals surface area contributed by atoms with Crippen LogP contribution in [0.5, 0.6) is 0 Å². The number of amides is 2. The van der Waals surface area contributed by atoms with Gasteiger partial charge in [0.15, 0.2) is 0 Å². The first-order valence-corrected chi connectivity index (χ1v) is 6.28. The molecule has 0 bridgehead atoms. The van der Waals surface area contributed by atoms with Crippen LogP contribution in [0.3, 0.4) is 0 Å². The van der Waals surface area contributed by atoms with Crippen LogP contribution in [0.4, 0.5) is 4.79 Å². The summed E-state index contributed by atoms with van der Waals surface area (Å²) in [7, 11) is 1.70. The van der Waals surface area contributed by atoms with Crippen molar-refractivity contribution in [3.05, 3.63) is 34.9 Å². The Bertz CT molecular complexity index is 396. The van der Waals surface area contributed by atoms with E-state index in [1.54, 1.807) is 24.9 Å². The lowest BCUT2D eigenvalue weighted by Crippen LogP contribution is -2.38. The predicted molar refractivity (Wildman–Crippen MR) is 72.6 cm³/mol. The van der Waals surface area contributed by atoms with Gasteiger partial charge in [0.2, 0.25) is 0 Å². The van der Waals surface area contributed by atoms with Gasteiger partial charge in [-0.15, -0.1) is 0 Å². The lowest BCUT2D eigenvalue weighted by Gasteiger charge is -2.18. The van der Waals surface area contributed by atoms with Crippen LogP contribution < -0.4 is 5.32 Å². The minimum absolute atomic E-state index is 0.157. The van der Waals surface area contributed by atoms with Crippen LogP contribution in [0.15, 0.2) is 24.3 Å².